The van der Waals surface area contributed by atoms with Gasteiger partial charge in [0.1, 0.15) is 34.0 Å². The van der Waals surface area contributed by atoms with Gasteiger partial charge in [0.2, 0.25) is 11.2 Å². The van der Waals surface area contributed by atoms with E-state index in [9.17, 15) is 44.7 Å². The number of aromatic hydroxyl groups is 5. The van der Waals surface area contributed by atoms with Gasteiger partial charge in [-0.2, -0.15) is 0 Å². The lowest BCUT2D eigenvalue weighted by atomic mass is 9.74. The lowest BCUT2D eigenvalue weighted by Crippen LogP contribution is -2.28. The molecule has 10 heteroatoms. The van der Waals surface area contributed by atoms with Crippen LogP contribution >= 0.6 is 0 Å². The fourth-order valence-electron chi connectivity index (χ4n) is 5.75. The molecule has 1 heterocycles. The Bertz CT molecular complexity index is 2100. The maximum atomic E-state index is 12.9. The number of fused-ring (bicyclic) bond motifs is 5. The molecule has 2 aliphatic rings. The molecule has 0 bridgehead atoms. The molecule has 10 nitrogen and oxygen atoms in total. The molecule has 5 aromatic rings. The summed E-state index contributed by atoms with van der Waals surface area (Å²) < 4.78 is 5.41. The summed E-state index contributed by atoms with van der Waals surface area (Å²) in [6.45, 7) is 2.00. The van der Waals surface area contributed by atoms with Crippen LogP contribution in [0.3, 0.4) is 0 Å². The topological polar surface area (TPSA) is 183 Å². The zero-order valence-electron chi connectivity index (χ0n) is 23.1. The normalized spacial score (nSPS) is 15.2. The molecule has 1 atom stereocenters. The number of carbonyl (C=O) groups excluding carboxylic acids is 3. The first-order valence-electron chi connectivity index (χ1n) is 13.6. The summed E-state index contributed by atoms with van der Waals surface area (Å²) in [5.41, 5.74) is 1.35. The maximum absolute atomic E-state index is 12.9. The predicted octanol–water partition coefficient (Wildman–Crippen LogP) is 5.22. The monoisotopic (exact) mass is 592 g/mol. The molecule has 7 rings (SSSR count). The molecule has 1 aromatic heterocycles. The van der Waals surface area contributed by atoms with Crippen LogP contribution in [-0.2, 0) is 6.42 Å². The minimum atomic E-state index is -0.808. The first-order chi connectivity index (χ1) is 21.0. The number of hydrogen-bond acceptors (Lipinski definition) is 10. The lowest BCUT2D eigenvalue weighted by Gasteiger charge is -2.26. The van der Waals surface area contributed by atoms with Crippen LogP contribution in [0.2, 0.25) is 0 Å². The summed E-state index contributed by atoms with van der Waals surface area (Å²) >= 11 is 0. The highest BCUT2D eigenvalue weighted by molar-refractivity contribution is 6.32. The minimum absolute atomic E-state index is 0.0247. The molecule has 0 amide bonds. The molecule has 0 fully saturated rings. The minimum Gasteiger partial charge on any atom is -0.508 e. The fraction of sp³-hybridized carbons (Fsp3) is 0.118. The van der Waals surface area contributed by atoms with Crippen LogP contribution in [0.1, 0.15) is 61.1 Å². The fourth-order valence-corrected chi connectivity index (χ4v) is 5.75. The van der Waals surface area contributed by atoms with Crippen molar-refractivity contribution >= 4 is 28.3 Å². The average Bonchev–Trinajstić information content (AvgIpc) is 2.97. The molecule has 0 aliphatic heterocycles. The van der Waals surface area contributed by atoms with Crippen LogP contribution in [0, 0.1) is 5.92 Å². The Hall–Kier alpha value is -5.90. The lowest BCUT2D eigenvalue weighted by molar-refractivity contribution is 0.0935. The zero-order valence-corrected chi connectivity index (χ0v) is 23.1. The van der Waals surface area contributed by atoms with E-state index in [1.165, 1.54) is 48.5 Å². The average molecular weight is 593 g/mol. The Morgan fingerprint density at radius 1 is 0.682 bits per heavy atom. The summed E-state index contributed by atoms with van der Waals surface area (Å²) in [6, 6.07) is 15.6. The highest BCUT2D eigenvalue weighted by atomic mass is 16.4. The summed E-state index contributed by atoms with van der Waals surface area (Å²) in [6.07, 6.45) is 1.11. The SMILES string of the molecule is CC1CC(=O)c2c(ccc3c2C(=O)c2cccc(O)c2C3=O)C1.O=c1c(O)c(-c2ccc(O)cc2)oc2cc(O)cc(O)c12. The Morgan fingerprint density at radius 2 is 1.36 bits per heavy atom. The van der Waals surface area contributed by atoms with Gasteiger partial charge in [0.25, 0.3) is 0 Å². The maximum Gasteiger partial charge on any atom is 0.238 e. The largest absolute Gasteiger partial charge is 0.508 e. The van der Waals surface area contributed by atoms with Crippen molar-refractivity contribution in [1.82, 2.24) is 0 Å². The zero-order chi connectivity index (χ0) is 31.4. The van der Waals surface area contributed by atoms with Crippen molar-refractivity contribution in [2.45, 2.75) is 19.8 Å². The number of phenols is 4. The number of rotatable bonds is 1. The van der Waals surface area contributed by atoms with Crippen LogP contribution < -0.4 is 5.43 Å². The van der Waals surface area contributed by atoms with Gasteiger partial charge >= 0.3 is 0 Å². The van der Waals surface area contributed by atoms with Crippen molar-refractivity contribution in [3.8, 4) is 40.1 Å². The van der Waals surface area contributed by atoms with Gasteiger partial charge in [-0.1, -0.05) is 25.1 Å². The second kappa shape index (κ2) is 10.4. The standard InChI is InChI=1S/C19H14O4.C15H10O6/c1-9-7-10-5-6-12-17(15(10)14(21)8-9)19(23)11-3-2-4-13(20)16(11)18(12)22;16-8-3-1-7(2-4-8)15-14(20)13(19)12-10(18)5-9(17)6-11(12)21-15/h2-6,9,20H,7-8H2,1H3;1-6,16-18,20H. The molecule has 5 N–H and O–H groups in total. The van der Waals surface area contributed by atoms with Gasteiger partial charge in [-0.3, -0.25) is 19.2 Å². The molecular weight excluding hydrogens is 568 g/mol. The van der Waals surface area contributed by atoms with Gasteiger partial charge in [0, 0.05) is 46.4 Å². The molecule has 2 aliphatic carbocycles. The van der Waals surface area contributed by atoms with E-state index in [0.717, 1.165) is 18.1 Å². The van der Waals surface area contributed by atoms with E-state index < -0.39 is 22.7 Å². The number of phenolic OH excluding ortho intramolecular Hbond substituents is 4. The van der Waals surface area contributed by atoms with Gasteiger partial charge in [-0.15, -0.1) is 0 Å². The van der Waals surface area contributed by atoms with E-state index >= 15 is 0 Å². The van der Waals surface area contributed by atoms with E-state index in [1.54, 1.807) is 12.1 Å². The van der Waals surface area contributed by atoms with E-state index in [0.29, 0.717) is 17.5 Å². The summed E-state index contributed by atoms with van der Waals surface area (Å²) in [4.78, 5) is 50.2. The second-order valence-corrected chi connectivity index (χ2v) is 10.8. The molecule has 0 saturated heterocycles. The molecule has 220 valence electrons. The summed E-state index contributed by atoms with van der Waals surface area (Å²) in [5.74, 6) is -2.31. The Morgan fingerprint density at radius 3 is 2.09 bits per heavy atom. The summed E-state index contributed by atoms with van der Waals surface area (Å²) in [5, 5.41) is 48.1. The van der Waals surface area contributed by atoms with Gasteiger partial charge in [0.05, 0.1) is 5.56 Å². The molecule has 0 radical (unpaired) electrons. The van der Waals surface area contributed by atoms with Crippen LogP contribution in [0.15, 0.2) is 75.9 Å². The second-order valence-electron chi connectivity index (χ2n) is 10.8. The number of Topliss-reactive ketones (excluding diaryl/α,β-unsaturated/α-hetero) is 1. The Kier molecular flexibility index (Phi) is 6.69. The third-order valence-electron chi connectivity index (χ3n) is 7.72. The highest BCUT2D eigenvalue weighted by Crippen LogP contribution is 2.38. The molecule has 44 heavy (non-hydrogen) atoms. The van der Waals surface area contributed by atoms with Gasteiger partial charge < -0.3 is 29.9 Å². The first-order valence-corrected chi connectivity index (χ1v) is 13.6. The third kappa shape index (κ3) is 4.53. The highest BCUT2D eigenvalue weighted by Gasteiger charge is 2.37. The quantitative estimate of drug-likeness (QED) is 0.170. The van der Waals surface area contributed by atoms with Crippen molar-refractivity contribution in [3.63, 3.8) is 0 Å². The number of hydrogen-bond donors (Lipinski definition) is 5. The van der Waals surface area contributed by atoms with Gasteiger partial charge in [0.15, 0.2) is 23.1 Å². The molecule has 0 saturated carbocycles. The predicted molar refractivity (Wildman–Crippen MR) is 158 cm³/mol. The van der Waals surface area contributed by atoms with Gasteiger partial charge in [-0.05, 0) is 54.3 Å². The van der Waals surface area contributed by atoms with E-state index in [4.69, 9.17) is 4.42 Å². The molecule has 4 aromatic carbocycles. The van der Waals surface area contributed by atoms with Crippen LogP contribution in [0.25, 0.3) is 22.3 Å². The molecule has 1 unspecified atom stereocenters. The van der Waals surface area contributed by atoms with Gasteiger partial charge in [-0.25, -0.2) is 0 Å². The smallest absolute Gasteiger partial charge is 0.238 e. The van der Waals surface area contributed by atoms with Crippen LogP contribution in [0.5, 0.6) is 28.7 Å². The van der Waals surface area contributed by atoms with E-state index in [-0.39, 0.29) is 73.7 Å². The third-order valence-corrected chi connectivity index (χ3v) is 7.72. The van der Waals surface area contributed by atoms with Crippen molar-refractivity contribution in [2.24, 2.45) is 5.92 Å². The molecular formula is C34H24O10. The van der Waals surface area contributed by atoms with Crippen molar-refractivity contribution in [2.75, 3.05) is 0 Å². The van der Waals surface area contributed by atoms with Crippen molar-refractivity contribution in [1.29, 1.82) is 0 Å². The first kappa shape index (κ1) is 28.2. The van der Waals surface area contributed by atoms with Crippen LogP contribution in [-0.4, -0.2) is 42.9 Å². The van der Waals surface area contributed by atoms with Crippen molar-refractivity contribution < 1.29 is 44.3 Å². The Balaban J connectivity index is 0.000000157. The number of carbonyl (C=O) groups is 3. The summed E-state index contributed by atoms with van der Waals surface area (Å²) in [7, 11) is 0. The number of benzene rings is 4. The van der Waals surface area contributed by atoms with E-state index in [2.05, 4.69) is 0 Å². The van der Waals surface area contributed by atoms with Crippen LogP contribution in [0.4, 0.5) is 0 Å². The van der Waals surface area contributed by atoms with E-state index in [1.807, 2.05) is 6.92 Å². The Labute approximate surface area is 248 Å². The number of ketones is 3. The molecule has 0 spiro atoms. The van der Waals surface area contributed by atoms with Crippen molar-refractivity contribution in [3.05, 3.63) is 110 Å².